The predicted octanol–water partition coefficient (Wildman–Crippen LogP) is 0.785. The zero-order chi connectivity index (χ0) is 11.5. The summed E-state index contributed by atoms with van der Waals surface area (Å²) in [5.41, 5.74) is 0. The highest BCUT2D eigenvalue weighted by molar-refractivity contribution is 4.99. The third kappa shape index (κ3) is 2.66. The molecule has 0 aromatic carbocycles. The van der Waals surface area contributed by atoms with Gasteiger partial charge in [0.25, 0.3) is 0 Å². The number of hydrogen-bond acceptors (Lipinski definition) is 5. The van der Waals surface area contributed by atoms with Crippen molar-refractivity contribution < 1.29 is 4.52 Å². The van der Waals surface area contributed by atoms with E-state index in [2.05, 4.69) is 20.4 Å². The summed E-state index contributed by atoms with van der Waals surface area (Å²) < 4.78 is 5.32. The zero-order valence-electron chi connectivity index (χ0n) is 10.2. The van der Waals surface area contributed by atoms with Crippen LogP contribution in [0, 0.1) is 0 Å². The molecular weight excluding hydrogens is 216 g/mol. The summed E-state index contributed by atoms with van der Waals surface area (Å²) in [6.45, 7) is 5.58. The van der Waals surface area contributed by atoms with E-state index in [1.165, 1.54) is 25.9 Å². The number of rotatable bonds is 4. The number of nitrogens with one attached hydrogen (secondary N) is 1. The maximum Gasteiger partial charge on any atom is 0.227 e. The minimum atomic E-state index is 0.458. The highest BCUT2D eigenvalue weighted by Crippen LogP contribution is 2.19. The fraction of sp³-hybridized carbons (Fsp3) is 0.833. The Balaban J connectivity index is 1.52. The summed E-state index contributed by atoms with van der Waals surface area (Å²) in [5, 5.41) is 7.43. The molecule has 0 amide bonds. The maximum absolute atomic E-state index is 5.32. The standard InChI is InChI=1S/C12H20N4O/c1-2-7-16(6-1)8-4-11-14-12(15-17-11)10-3-5-13-9-10/h10,13H,1-9H2. The molecule has 1 aromatic rings. The van der Waals surface area contributed by atoms with Crippen molar-refractivity contribution in [1.29, 1.82) is 0 Å². The van der Waals surface area contributed by atoms with Gasteiger partial charge in [0.05, 0.1) is 0 Å². The SMILES string of the molecule is C1CCN(CCc2nc(C3CCNC3)no2)C1. The normalized spacial score (nSPS) is 25.8. The van der Waals surface area contributed by atoms with Crippen LogP contribution in [0.15, 0.2) is 4.52 Å². The fourth-order valence-corrected chi connectivity index (χ4v) is 2.67. The molecule has 0 bridgehead atoms. The molecule has 17 heavy (non-hydrogen) atoms. The molecule has 94 valence electrons. The van der Waals surface area contributed by atoms with Crippen molar-refractivity contribution in [3.05, 3.63) is 11.7 Å². The number of likely N-dealkylation sites (tertiary alicyclic amines) is 1. The Bertz CT molecular complexity index is 353. The minimum Gasteiger partial charge on any atom is -0.339 e. The summed E-state index contributed by atoms with van der Waals surface area (Å²) in [6.07, 6.45) is 4.70. The Kier molecular flexibility index (Phi) is 3.38. The average molecular weight is 236 g/mol. The second-order valence-electron chi connectivity index (χ2n) is 5.03. The van der Waals surface area contributed by atoms with Crippen LogP contribution in [-0.2, 0) is 6.42 Å². The van der Waals surface area contributed by atoms with E-state index in [0.717, 1.165) is 44.2 Å². The average Bonchev–Trinajstić information content (AvgIpc) is 3.09. The van der Waals surface area contributed by atoms with Gasteiger partial charge in [-0.25, -0.2) is 0 Å². The van der Waals surface area contributed by atoms with Crippen molar-refractivity contribution in [3.63, 3.8) is 0 Å². The van der Waals surface area contributed by atoms with E-state index in [-0.39, 0.29) is 0 Å². The lowest BCUT2D eigenvalue weighted by Crippen LogP contribution is -2.22. The first-order valence-electron chi connectivity index (χ1n) is 6.67. The molecule has 2 aliphatic rings. The van der Waals surface area contributed by atoms with Crippen LogP contribution in [-0.4, -0.2) is 47.8 Å². The molecule has 0 spiro atoms. The summed E-state index contributed by atoms with van der Waals surface area (Å²) >= 11 is 0. The van der Waals surface area contributed by atoms with Gasteiger partial charge >= 0.3 is 0 Å². The van der Waals surface area contributed by atoms with Crippen molar-refractivity contribution >= 4 is 0 Å². The van der Waals surface area contributed by atoms with Crippen LogP contribution in [0.1, 0.15) is 36.9 Å². The molecule has 0 saturated carbocycles. The van der Waals surface area contributed by atoms with Gasteiger partial charge in [0.1, 0.15) is 0 Å². The summed E-state index contributed by atoms with van der Waals surface area (Å²) in [7, 11) is 0. The second-order valence-corrected chi connectivity index (χ2v) is 5.03. The van der Waals surface area contributed by atoms with Gasteiger partial charge < -0.3 is 14.7 Å². The number of nitrogens with zero attached hydrogens (tertiary/aromatic N) is 3. The maximum atomic E-state index is 5.32. The van der Waals surface area contributed by atoms with Gasteiger partial charge in [-0.15, -0.1) is 0 Å². The highest BCUT2D eigenvalue weighted by atomic mass is 16.5. The van der Waals surface area contributed by atoms with Gasteiger partial charge in [0, 0.05) is 25.4 Å². The van der Waals surface area contributed by atoms with Gasteiger partial charge in [0.2, 0.25) is 5.89 Å². The van der Waals surface area contributed by atoms with Gasteiger partial charge in [-0.2, -0.15) is 4.98 Å². The number of aromatic nitrogens is 2. The first kappa shape index (κ1) is 11.2. The fourth-order valence-electron chi connectivity index (χ4n) is 2.67. The Hall–Kier alpha value is -0.940. The van der Waals surface area contributed by atoms with Crippen molar-refractivity contribution in [3.8, 4) is 0 Å². The van der Waals surface area contributed by atoms with E-state index in [1.807, 2.05) is 0 Å². The Morgan fingerprint density at radius 2 is 2.24 bits per heavy atom. The molecule has 2 fully saturated rings. The molecule has 0 radical (unpaired) electrons. The topological polar surface area (TPSA) is 54.2 Å². The first-order valence-corrected chi connectivity index (χ1v) is 6.67. The Labute approximate surface area is 102 Å². The van der Waals surface area contributed by atoms with Gasteiger partial charge in [-0.3, -0.25) is 0 Å². The Morgan fingerprint density at radius 3 is 3.00 bits per heavy atom. The highest BCUT2D eigenvalue weighted by Gasteiger charge is 2.22. The van der Waals surface area contributed by atoms with Crippen LogP contribution in [0.2, 0.25) is 0 Å². The van der Waals surface area contributed by atoms with Crippen molar-refractivity contribution in [2.45, 2.75) is 31.6 Å². The third-order valence-corrected chi connectivity index (χ3v) is 3.75. The van der Waals surface area contributed by atoms with Crippen LogP contribution >= 0.6 is 0 Å². The lowest BCUT2D eigenvalue weighted by molar-refractivity contribution is 0.310. The van der Waals surface area contributed by atoms with Gasteiger partial charge in [-0.05, 0) is 38.9 Å². The smallest absolute Gasteiger partial charge is 0.227 e. The number of hydrogen-bond donors (Lipinski definition) is 1. The monoisotopic (exact) mass is 236 g/mol. The quantitative estimate of drug-likeness (QED) is 0.837. The van der Waals surface area contributed by atoms with E-state index < -0.39 is 0 Å². The minimum absolute atomic E-state index is 0.458. The first-order chi connectivity index (χ1) is 8.42. The van der Waals surface area contributed by atoms with Crippen LogP contribution in [0.3, 0.4) is 0 Å². The lowest BCUT2D eigenvalue weighted by atomic mass is 10.1. The van der Waals surface area contributed by atoms with Gasteiger partial charge in [-0.1, -0.05) is 5.16 Å². The van der Waals surface area contributed by atoms with E-state index in [0.29, 0.717) is 5.92 Å². The van der Waals surface area contributed by atoms with Crippen LogP contribution in [0.25, 0.3) is 0 Å². The van der Waals surface area contributed by atoms with Crippen LogP contribution in [0.5, 0.6) is 0 Å². The largest absolute Gasteiger partial charge is 0.339 e. The van der Waals surface area contributed by atoms with Crippen molar-refractivity contribution in [1.82, 2.24) is 20.4 Å². The zero-order valence-corrected chi connectivity index (χ0v) is 10.2. The predicted molar refractivity (Wildman–Crippen MR) is 63.9 cm³/mol. The van der Waals surface area contributed by atoms with Crippen molar-refractivity contribution in [2.75, 3.05) is 32.7 Å². The summed E-state index contributed by atoms with van der Waals surface area (Å²) in [4.78, 5) is 6.98. The molecular formula is C12H20N4O. The molecule has 1 aromatic heterocycles. The van der Waals surface area contributed by atoms with Gasteiger partial charge in [0.15, 0.2) is 5.82 Å². The van der Waals surface area contributed by atoms with Crippen molar-refractivity contribution in [2.24, 2.45) is 0 Å². The molecule has 3 rings (SSSR count). The second kappa shape index (κ2) is 5.14. The molecule has 1 atom stereocenters. The summed E-state index contributed by atoms with van der Waals surface area (Å²) in [6, 6.07) is 0. The Morgan fingerprint density at radius 1 is 1.35 bits per heavy atom. The molecule has 3 heterocycles. The van der Waals surface area contributed by atoms with Crippen LogP contribution in [0.4, 0.5) is 0 Å². The third-order valence-electron chi connectivity index (χ3n) is 3.75. The van der Waals surface area contributed by atoms with E-state index >= 15 is 0 Å². The van der Waals surface area contributed by atoms with E-state index in [9.17, 15) is 0 Å². The molecule has 1 unspecified atom stereocenters. The molecule has 0 aliphatic carbocycles. The summed E-state index contributed by atoms with van der Waals surface area (Å²) in [5.74, 6) is 2.16. The lowest BCUT2D eigenvalue weighted by Gasteiger charge is -2.11. The van der Waals surface area contributed by atoms with Crippen LogP contribution < -0.4 is 5.32 Å². The molecule has 5 heteroatoms. The molecule has 2 saturated heterocycles. The van der Waals surface area contributed by atoms with E-state index in [4.69, 9.17) is 4.52 Å². The molecule has 5 nitrogen and oxygen atoms in total. The molecule has 1 N–H and O–H groups in total. The van der Waals surface area contributed by atoms with E-state index in [1.54, 1.807) is 0 Å². The molecule has 2 aliphatic heterocycles.